The van der Waals surface area contributed by atoms with Crippen LogP contribution >= 0.6 is 0 Å². The van der Waals surface area contributed by atoms with E-state index in [1.54, 1.807) is 6.20 Å². The number of pyridine rings is 1. The summed E-state index contributed by atoms with van der Waals surface area (Å²) in [5, 5.41) is 11.1. The third-order valence-corrected chi connectivity index (χ3v) is 7.22. The second-order valence-electron chi connectivity index (χ2n) is 9.63. The van der Waals surface area contributed by atoms with E-state index in [0.29, 0.717) is 13.1 Å². The summed E-state index contributed by atoms with van der Waals surface area (Å²) in [4.78, 5) is 21.6. The summed E-state index contributed by atoms with van der Waals surface area (Å²) in [7, 11) is 0. The van der Waals surface area contributed by atoms with E-state index in [2.05, 4.69) is 27.0 Å². The molecule has 1 amide bonds. The quantitative estimate of drug-likeness (QED) is 0.548. The number of hydrogen-bond acceptors (Lipinski definition) is 5. The maximum absolute atomic E-state index is 13.6. The Bertz CT molecular complexity index is 1180. The molecule has 1 aliphatic heterocycles. The highest BCUT2D eigenvalue weighted by atomic mass is 19.3. The van der Waals surface area contributed by atoms with E-state index in [1.807, 2.05) is 54.4 Å². The monoisotopic (exact) mass is 465 g/mol. The standard InChI is InChI=1S/C26H29F2N5O/c1-17-16-33(25(34)20-8-11-26(27,28)12-9-20)18(2)15-32(17)24-22-14-29-13-10-21(22)23(30-31-24)19-6-4-3-5-7-19/h3-7,10,13-14,17-18,20H,8-9,11-12,15-16H2,1-2H3/t17?,18-/m0/s1. The number of aromatic nitrogens is 3. The van der Waals surface area contributed by atoms with E-state index in [1.165, 1.54) is 0 Å². The molecule has 34 heavy (non-hydrogen) atoms. The molecule has 5 rings (SSSR count). The summed E-state index contributed by atoms with van der Waals surface area (Å²) in [5.41, 5.74) is 1.80. The SMILES string of the molecule is CC1CN(C(=O)C2CCC(F)(F)CC2)[C@@H](C)CN1c1nnc(-c2ccccc2)c2ccncc12. The number of carbonyl (C=O) groups is 1. The molecule has 2 fully saturated rings. The van der Waals surface area contributed by atoms with E-state index in [-0.39, 0.29) is 49.6 Å². The van der Waals surface area contributed by atoms with Gasteiger partial charge in [0.25, 0.3) is 0 Å². The molecule has 3 aromatic rings. The molecule has 2 aliphatic rings. The Morgan fingerprint density at radius 1 is 0.971 bits per heavy atom. The number of anilines is 1. The Labute approximate surface area is 198 Å². The Balaban J connectivity index is 1.40. The van der Waals surface area contributed by atoms with Crippen molar-refractivity contribution >= 4 is 22.5 Å². The number of halogens is 2. The smallest absolute Gasteiger partial charge is 0.248 e. The molecule has 0 radical (unpaired) electrons. The molecule has 0 spiro atoms. The fourth-order valence-corrected chi connectivity index (χ4v) is 5.26. The molecule has 0 N–H and O–H groups in total. The van der Waals surface area contributed by atoms with Gasteiger partial charge in [0.1, 0.15) is 5.69 Å². The average molecular weight is 466 g/mol. The summed E-state index contributed by atoms with van der Waals surface area (Å²) < 4.78 is 27.2. The predicted molar refractivity (Wildman–Crippen MR) is 128 cm³/mol. The van der Waals surface area contributed by atoms with Crippen LogP contribution in [0.15, 0.2) is 48.8 Å². The van der Waals surface area contributed by atoms with Gasteiger partial charge in [-0.2, -0.15) is 0 Å². The molecular formula is C26H29F2N5O. The summed E-state index contributed by atoms with van der Waals surface area (Å²) in [6, 6.07) is 11.9. The van der Waals surface area contributed by atoms with Crippen molar-refractivity contribution < 1.29 is 13.6 Å². The zero-order chi connectivity index (χ0) is 23.9. The summed E-state index contributed by atoms with van der Waals surface area (Å²) in [6.07, 6.45) is 3.70. The highest BCUT2D eigenvalue weighted by Crippen LogP contribution is 2.38. The molecule has 178 valence electrons. The fourth-order valence-electron chi connectivity index (χ4n) is 5.26. The first-order valence-electron chi connectivity index (χ1n) is 11.9. The number of rotatable bonds is 3. The van der Waals surface area contributed by atoms with Crippen molar-refractivity contribution in [1.29, 1.82) is 0 Å². The molecule has 8 heteroatoms. The van der Waals surface area contributed by atoms with Gasteiger partial charge in [0.15, 0.2) is 5.82 Å². The number of alkyl halides is 2. The lowest BCUT2D eigenvalue weighted by Crippen LogP contribution is -2.59. The molecule has 3 heterocycles. The Morgan fingerprint density at radius 2 is 1.71 bits per heavy atom. The van der Waals surface area contributed by atoms with Gasteiger partial charge in [-0.1, -0.05) is 30.3 Å². The number of hydrogen-bond donors (Lipinski definition) is 0. The van der Waals surface area contributed by atoms with Crippen molar-refractivity contribution in [3.8, 4) is 11.3 Å². The van der Waals surface area contributed by atoms with Crippen LogP contribution in [0.5, 0.6) is 0 Å². The second kappa shape index (κ2) is 8.89. The van der Waals surface area contributed by atoms with Crippen LogP contribution in [0.3, 0.4) is 0 Å². The lowest BCUT2D eigenvalue weighted by atomic mass is 9.85. The van der Waals surface area contributed by atoms with Gasteiger partial charge in [0.05, 0.1) is 0 Å². The fraction of sp³-hybridized carbons (Fsp3) is 0.462. The van der Waals surface area contributed by atoms with Gasteiger partial charge in [-0.05, 0) is 32.8 Å². The van der Waals surface area contributed by atoms with Crippen molar-refractivity contribution in [2.24, 2.45) is 5.92 Å². The Kier molecular flexibility index (Phi) is 5.91. The topological polar surface area (TPSA) is 62.2 Å². The van der Waals surface area contributed by atoms with Crippen molar-refractivity contribution in [2.45, 2.75) is 57.5 Å². The molecular weight excluding hydrogens is 436 g/mol. The first kappa shape index (κ1) is 22.6. The first-order valence-corrected chi connectivity index (χ1v) is 11.9. The van der Waals surface area contributed by atoms with Crippen LogP contribution in [0.2, 0.25) is 0 Å². The van der Waals surface area contributed by atoms with Crippen LogP contribution in [0, 0.1) is 5.92 Å². The van der Waals surface area contributed by atoms with Crippen molar-refractivity contribution in [2.75, 3.05) is 18.0 Å². The van der Waals surface area contributed by atoms with Crippen LogP contribution < -0.4 is 4.90 Å². The largest absolute Gasteiger partial charge is 0.348 e. The minimum absolute atomic E-state index is 0.00506. The van der Waals surface area contributed by atoms with E-state index in [0.717, 1.165) is 27.8 Å². The average Bonchev–Trinajstić information content (AvgIpc) is 2.85. The lowest BCUT2D eigenvalue weighted by Gasteiger charge is -2.46. The van der Waals surface area contributed by atoms with Gasteiger partial charge in [-0.3, -0.25) is 9.78 Å². The van der Waals surface area contributed by atoms with Crippen LogP contribution in [0.4, 0.5) is 14.6 Å². The molecule has 2 atom stereocenters. The highest BCUT2D eigenvalue weighted by Gasteiger charge is 2.41. The second-order valence-corrected chi connectivity index (χ2v) is 9.63. The normalized spacial score (nSPS) is 23.3. The molecule has 1 aromatic carbocycles. The summed E-state index contributed by atoms with van der Waals surface area (Å²) >= 11 is 0. The molecule has 6 nitrogen and oxygen atoms in total. The number of amides is 1. The highest BCUT2D eigenvalue weighted by molar-refractivity contribution is 5.99. The molecule has 1 aliphatic carbocycles. The van der Waals surface area contributed by atoms with E-state index < -0.39 is 5.92 Å². The van der Waals surface area contributed by atoms with Gasteiger partial charge in [0.2, 0.25) is 11.8 Å². The summed E-state index contributed by atoms with van der Waals surface area (Å²) in [5.74, 6) is -2.18. The van der Waals surface area contributed by atoms with Crippen LogP contribution in [-0.2, 0) is 4.79 Å². The molecule has 1 saturated heterocycles. The molecule has 2 aromatic heterocycles. The van der Waals surface area contributed by atoms with Crippen LogP contribution in [0.25, 0.3) is 22.0 Å². The number of benzene rings is 1. The number of carbonyl (C=O) groups excluding carboxylic acids is 1. The van der Waals surface area contributed by atoms with Crippen molar-refractivity contribution in [3.63, 3.8) is 0 Å². The van der Waals surface area contributed by atoms with Gasteiger partial charge in [-0.25, -0.2) is 8.78 Å². The number of piperazine rings is 1. The zero-order valence-corrected chi connectivity index (χ0v) is 19.5. The Hall–Kier alpha value is -3.16. The molecule has 0 bridgehead atoms. The van der Waals surface area contributed by atoms with E-state index in [4.69, 9.17) is 0 Å². The van der Waals surface area contributed by atoms with Gasteiger partial charge < -0.3 is 9.80 Å². The minimum Gasteiger partial charge on any atom is -0.348 e. The van der Waals surface area contributed by atoms with Gasteiger partial charge in [-0.15, -0.1) is 10.2 Å². The summed E-state index contributed by atoms with van der Waals surface area (Å²) in [6.45, 7) is 5.20. The predicted octanol–water partition coefficient (Wildman–Crippen LogP) is 4.94. The lowest BCUT2D eigenvalue weighted by molar-refractivity contribution is -0.142. The zero-order valence-electron chi connectivity index (χ0n) is 19.5. The van der Waals surface area contributed by atoms with Crippen molar-refractivity contribution in [1.82, 2.24) is 20.1 Å². The number of fused-ring (bicyclic) bond motifs is 1. The van der Waals surface area contributed by atoms with Crippen LogP contribution in [0.1, 0.15) is 39.5 Å². The minimum atomic E-state index is -2.63. The van der Waals surface area contributed by atoms with E-state index in [9.17, 15) is 13.6 Å². The van der Waals surface area contributed by atoms with E-state index >= 15 is 0 Å². The molecule has 1 unspecified atom stereocenters. The van der Waals surface area contributed by atoms with Gasteiger partial charge in [0, 0.05) is 72.7 Å². The first-order chi connectivity index (χ1) is 16.3. The molecule has 1 saturated carbocycles. The Morgan fingerprint density at radius 3 is 2.44 bits per heavy atom. The third kappa shape index (κ3) is 4.21. The van der Waals surface area contributed by atoms with Crippen molar-refractivity contribution in [3.05, 3.63) is 48.8 Å². The maximum atomic E-state index is 13.6. The number of nitrogens with zero attached hydrogens (tertiary/aromatic N) is 5. The third-order valence-electron chi connectivity index (χ3n) is 7.22. The maximum Gasteiger partial charge on any atom is 0.248 e. The van der Waals surface area contributed by atoms with Crippen LogP contribution in [-0.4, -0.2) is 57.1 Å². The van der Waals surface area contributed by atoms with Gasteiger partial charge >= 0.3 is 0 Å².